The summed E-state index contributed by atoms with van der Waals surface area (Å²) in [6.45, 7) is -0.0115. The van der Waals surface area contributed by atoms with Gasteiger partial charge in [0.1, 0.15) is 24.6 Å². The van der Waals surface area contributed by atoms with E-state index in [4.69, 9.17) is 9.47 Å². The summed E-state index contributed by atoms with van der Waals surface area (Å²) in [5.74, 6) is 0.541. The monoisotopic (exact) mass is 409 g/mol. The van der Waals surface area contributed by atoms with Crippen molar-refractivity contribution in [1.82, 2.24) is 5.32 Å². The van der Waals surface area contributed by atoms with Crippen molar-refractivity contribution in [1.29, 1.82) is 0 Å². The molecule has 0 radical (unpaired) electrons. The summed E-state index contributed by atoms with van der Waals surface area (Å²) in [5, 5.41) is 22.7. The molecular weight excluding hydrogens is 390 g/mol. The number of carbonyl (C=O) groups is 1. The van der Waals surface area contributed by atoms with Gasteiger partial charge in [0.25, 0.3) is 0 Å². The maximum absolute atomic E-state index is 11.7. The van der Waals surface area contributed by atoms with Crippen LogP contribution in [0.2, 0.25) is 0 Å². The van der Waals surface area contributed by atoms with E-state index in [1.165, 1.54) is 7.11 Å². The van der Waals surface area contributed by atoms with Gasteiger partial charge in [0.2, 0.25) is 0 Å². The second-order valence-corrected chi connectivity index (χ2v) is 6.20. The predicted molar refractivity (Wildman–Crippen MR) is 96.3 cm³/mol. The zero-order valence-corrected chi connectivity index (χ0v) is 15.3. The number of amides is 1. The molecule has 0 fully saturated rings. The van der Waals surface area contributed by atoms with Crippen LogP contribution in [0.1, 0.15) is 17.2 Å². The lowest BCUT2D eigenvalue weighted by Crippen LogP contribution is -2.35. The maximum Gasteiger partial charge on any atom is 0.407 e. The van der Waals surface area contributed by atoms with E-state index in [9.17, 15) is 15.0 Å². The van der Waals surface area contributed by atoms with Crippen LogP contribution in [0.3, 0.4) is 0 Å². The average Bonchev–Trinajstić information content (AvgIpc) is 2.65. The fourth-order valence-corrected chi connectivity index (χ4v) is 2.56. The number of alkyl carbamates (subject to hydrolysis) is 1. The zero-order chi connectivity index (χ0) is 18.2. The summed E-state index contributed by atoms with van der Waals surface area (Å²) in [5.41, 5.74) is 1.34. The molecule has 3 N–H and O–H groups in total. The summed E-state index contributed by atoms with van der Waals surface area (Å²) < 4.78 is 10.9. The average molecular weight is 410 g/mol. The Hall–Kier alpha value is -2.09. The van der Waals surface area contributed by atoms with Gasteiger partial charge in [-0.05, 0) is 39.2 Å². The maximum atomic E-state index is 11.7. The third kappa shape index (κ3) is 5.74. The van der Waals surface area contributed by atoms with Crippen LogP contribution >= 0.6 is 15.9 Å². The Morgan fingerprint density at radius 3 is 2.60 bits per heavy atom. The first-order chi connectivity index (χ1) is 12.0. The van der Waals surface area contributed by atoms with Crippen LogP contribution in [-0.2, 0) is 11.3 Å². The highest BCUT2D eigenvalue weighted by Crippen LogP contribution is 2.29. The fraction of sp³-hybridized carbons (Fsp3) is 0.278. The number of aliphatic hydroxyl groups is 2. The van der Waals surface area contributed by atoms with Crippen LogP contribution in [0.15, 0.2) is 53.0 Å². The van der Waals surface area contributed by atoms with E-state index in [1.807, 2.05) is 30.3 Å². The Balaban J connectivity index is 1.82. The molecule has 2 atom stereocenters. The summed E-state index contributed by atoms with van der Waals surface area (Å²) in [7, 11) is 1.51. The van der Waals surface area contributed by atoms with Crippen molar-refractivity contribution in [2.24, 2.45) is 0 Å². The second kappa shape index (κ2) is 9.41. The van der Waals surface area contributed by atoms with Gasteiger partial charge in [-0.25, -0.2) is 4.79 Å². The van der Waals surface area contributed by atoms with Crippen LogP contribution in [0.4, 0.5) is 4.79 Å². The van der Waals surface area contributed by atoms with E-state index in [1.54, 1.807) is 18.2 Å². The minimum Gasteiger partial charge on any atom is -0.496 e. The molecule has 2 rings (SSSR count). The highest BCUT2D eigenvalue weighted by molar-refractivity contribution is 9.10. The number of ether oxygens (including phenoxy) is 2. The van der Waals surface area contributed by atoms with E-state index in [0.717, 1.165) is 10.0 Å². The van der Waals surface area contributed by atoms with Gasteiger partial charge < -0.3 is 25.0 Å². The third-order valence-electron chi connectivity index (χ3n) is 3.55. The van der Waals surface area contributed by atoms with Crippen molar-refractivity contribution in [2.45, 2.75) is 18.8 Å². The van der Waals surface area contributed by atoms with Gasteiger partial charge in [-0.3, -0.25) is 0 Å². The molecular formula is C18H20BrNO5. The topological polar surface area (TPSA) is 88.0 Å². The van der Waals surface area contributed by atoms with E-state index in [0.29, 0.717) is 11.3 Å². The molecule has 0 heterocycles. The molecule has 2 aromatic rings. The number of methoxy groups -OCH3 is 1. The molecule has 25 heavy (non-hydrogen) atoms. The molecule has 0 aliphatic heterocycles. The van der Waals surface area contributed by atoms with E-state index in [-0.39, 0.29) is 13.2 Å². The Labute approximate surface area is 154 Å². The molecule has 0 aliphatic carbocycles. The van der Waals surface area contributed by atoms with Crippen molar-refractivity contribution < 1.29 is 24.5 Å². The van der Waals surface area contributed by atoms with Crippen molar-refractivity contribution >= 4 is 22.0 Å². The molecule has 0 aromatic heterocycles. The van der Waals surface area contributed by atoms with Crippen molar-refractivity contribution in [3.63, 3.8) is 0 Å². The van der Waals surface area contributed by atoms with Crippen molar-refractivity contribution in [2.75, 3.05) is 13.7 Å². The molecule has 0 bridgehead atoms. The lowest BCUT2D eigenvalue weighted by atomic mass is 10.0. The standard InChI is InChI=1S/C18H20BrNO5/c1-24-16-9-13(7-8-14(16)19)17(22)15(21)10-20-18(23)25-11-12-5-3-2-4-6-12/h2-9,15,17,21-22H,10-11H2,1H3,(H,20,23). The quantitative estimate of drug-likeness (QED) is 0.654. The number of halogens is 1. The van der Waals surface area contributed by atoms with Gasteiger partial charge in [0.15, 0.2) is 0 Å². The minimum absolute atomic E-state index is 0.134. The van der Waals surface area contributed by atoms with Gasteiger partial charge in [-0.1, -0.05) is 36.4 Å². The Morgan fingerprint density at radius 2 is 1.92 bits per heavy atom. The number of carbonyl (C=O) groups excluding carboxylic acids is 1. The molecule has 0 spiro atoms. The Morgan fingerprint density at radius 1 is 1.20 bits per heavy atom. The number of aliphatic hydroxyl groups excluding tert-OH is 2. The van der Waals surface area contributed by atoms with Crippen LogP contribution in [0, 0.1) is 0 Å². The van der Waals surface area contributed by atoms with E-state index in [2.05, 4.69) is 21.2 Å². The Kier molecular flexibility index (Phi) is 7.24. The van der Waals surface area contributed by atoms with Crippen LogP contribution in [-0.4, -0.2) is 36.1 Å². The minimum atomic E-state index is -1.19. The summed E-state index contributed by atoms with van der Waals surface area (Å²) in [6, 6.07) is 14.2. The first-order valence-corrected chi connectivity index (χ1v) is 8.44. The SMILES string of the molecule is COc1cc(C(O)C(O)CNC(=O)OCc2ccccc2)ccc1Br. The smallest absolute Gasteiger partial charge is 0.407 e. The fourth-order valence-electron chi connectivity index (χ4n) is 2.16. The second-order valence-electron chi connectivity index (χ2n) is 5.35. The van der Waals surface area contributed by atoms with E-state index < -0.39 is 18.3 Å². The molecule has 1 amide bonds. The summed E-state index contributed by atoms with van der Waals surface area (Å²) >= 11 is 3.32. The molecule has 0 saturated carbocycles. The largest absolute Gasteiger partial charge is 0.496 e. The van der Waals surface area contributed by atoms with Gasteiger partial charge >= 0.3 is 6.09 Å². The number of nitrogens with one attached hydrogen (secondary N) is 1. The lowest BCUT2D eigenvalue weighted by Gasteiger charge is -2.19. The third-order valence-corrected chi connectivity index (χ3v) is 4.20. The number of rotatable bonds is 7. The van der Waals surface area contributed by atoms with Gasteiger partial charge in [0, 0.05) is 6.54 Å². The van der Waals surface area contributed by atoms with Crippen molar-refractivity contribution in [3.8, 4) is 5.75 Å². The molecule has 6 nitrogen and oxygen atoms in total. The van der Waals surface area contributed by atoms with Crippen LogP contribution in [0.25, 0.3) is 0 Å². The van der Waals surface area contributed by atoms with Gasteiger partial charge in [-0.15, -0.1) is 0 Å². The molecule has 134 valence electrons. The van der Waals surface area contributed by atoms with Crippen molar-refractivity contribution in [3.05, 3.63) is 64.1 Å². The number of hydrogen-bond donors (Lipinski definition) is 3. The first kappa shape index (κ1) is 19.2. The highest BCUT2D eigenvalue weighted by Gasteiger charge is 2.20. The Bertz CT molecular complexity index is 695. The molecule has 2 aromatic carbocycles. The highest BCUT2D eigenvalue weighted by atomic mass is 79.9. The summed E-state index contributed by atoms with van der Waals surface area (Å²) in [6.07, 6.45) is -3.02. The first-order valence-electron chi connectivity index (χ1n) is 7.65. The predicted octanol–water partition coefficient (Wildman–Crippen LogP) is 2.78. The van der Waals surface area contributed by atoms with Gasteiger partial charge in [-0.2, -0.15) is 0 Å². The van der Waals surface area contributed by atoms with E-state index >= 15 is 0 Å². The van der Waals surface area contributed by atoms with Gasteiger partial charge in [0.05, 0.1) is 11.6 Å². The zero-order valence-electron chi connectivity index (χ0n) is 13.7. The normalized spacial score (nSPS) is 13.0. The summed E-state index contributed by atoms with van der Waals surface area (Å²) in [4.78, 5) is 11.7. The molecule has 2 unspecified atom stereocenters. The number of benzene rings is 2. The molecule has 0 aliphatic rings. The van der Waals surface area contributed by atoms with Crippen LogP contribution < -0.4 is 10.1 Å². The van der Waals surface area contributed by atoms with Crippen LogP contribution in [0.5, 0.6) is 5.75 Å². The molecule has 0 saturated heterocycles. The number of hydrogen-bond acceptors (Lipinski definition) is 5. The lowest BCUT2D eigenvalue weighted by molar-refractivity contribution is 0.0183. The molecule has 7 heteroatoms.